The Hall–Kier alpha value is -3.98. The molecule has 0 bridgehead atoms. The number of nitrogens with zero attached hydrogens (tertiary/aromatic N) is 1. The van der Waals surface area contributed by atoms with Gasteiger partial charge in [-0.2, -0.15) is 0 Å². The molecule has 1 unspecified atom stereocenters. The maximum Gasteiger partial charge on any atom is 0.244 e. The topological polar surface area (TPSA) is 127 Å². The van der Waals surface area contributed by atoms with Gasteiger partial charge in [-0.15, -0.1) is 0 Å². The molecular formula is C29H38N6O3. The molecule has 3 amide bonds. The highest BCUT2D eigenvalue weighted by Crippen LogP contribution is 2.34. The third-order valence-corrected chi connectivity index (χ3v) is 6.83. The van der Waals surface area contributed by atoms with Crippen molar-refractivity contribution in [1.29, 1.82) is 0 Å². The maximum atomic E-state index is 13.6. The number of aromatic amines is 1. The fraction of sp³-hybridized carbons (Fsp3) is 0.379. The van der Waals surface area contributed by atoms with Crippen LogP contribution in [0.3, 0.4) is 0 Å². The molecule has 3 aromatic rings. The van der Waals surface area contributed by atoms with Crippen LogP contribution in [0.15, 0.2) is 59.7 Å². The van der Waals surface area contributed by atoms with Crippen LogP contribution in [-0.4, -0.2) is 53.7 Å². The first kappa shape index (κ1) is 28.6. The van der Waals surface area contributed by atoms with Gasteiger partial charge in [-0.1, -0.05) is 43.8 Å². The summed E-state index contributed by atoms with van der Waals surface area (Å²) in [5.41, 5.74) is 2.92. The van der Waals surface area contributed by atoms with Crippen LogP contribution in [0.2, 0.25) is 0 Å². The number of benzene rings is 2. The Morgan fingerprint density at radius 1 is 1.03 bits per heavy atom. The zero-order valence-electron chi connectivity index (χ0n) is 21.6. The van der Waals surface area contributed by atoms with Crippen LogP contribution in [0.25, 0.3) is 10.9 Å². The lowest BCUT2D eigenvalue weighted by Crippen LogP contribution is -2.59. The summed E-state index contributed by atoms with van der Waals surface area (Å²) >= 11 is 0. The fourth-order valence-electron chi connectivity index (χ4n) is 4.46. The zero-order valence-corrected chi connectivity index (χ0v) is 21.6. The van der Waals surface area contributed by atoms with E-state index < -0.39 is 17.7 Å². The van der Waals surface area contributed by atoms with Gasteiger partial charge in [0.15, 0.2) is 0 Å². The SMILES string of the molecule is C.CNC(C)(C)C(=O)N[C@H](Cc1c[nH]c2ccccc12)C(=O)N[C@H](CC1C=Nc2ccccc21)NC(C)=O. The van der Waals surface area contributed by atoms with Gasteiger partial charge in [0.2, 0.25) is 17.7 Å². The first-order chi connectivity index (χ1) is 17.7. The van der Waals surface area contributed by atoms with Crippen LogP contribution in [0.1, 0.15) is 51.7 Å². The second kappa shape index (κ2) is 12.0. The van der Waals surface area contributed by atoms with E-state index in [1.807, 2.05) is 60.9 Å². The van der Waals surface area contributed by atoms with E-state index in [1.54, 1.807) is 20.9 Å². The van der Waals surface area contributed by atoms with Crippen molar-refractivity contribution in [2.24, 2.45) is 4.99 Å². The summed E-state index contributed by atoms with van der Waals surface area (Å²) in [6.45, 7) is 4.91. The zero-order chi connectivity index (χ0) is 26.6. The van der Waals surface area contributed by atoms with Crippen molar-refractivity contribution in [2.75, 3.05) is 7.05 Å². The second-order valence-electron chi connectivity index (χ2n) is 9.91. The molecule has 0 saturated carbocycles. The number of likely N-dealkylation sites (N-methyl/N-ethyl adjacent to an activating group) is 1. The van der Waals surface area contributed by atoms with E-state index in [0.717, 1.165) is 27.7 Å². The predicted molar refractivity (Wildman–Crippen MR) is 152 cm³/mol. The summed E-state index contributed by atoms with van der Waals surface area (Å²) in [5, 5.41) is 12.7. The summed E-state index contributed by atoms with van der Waals surface area (Å²) in [4.78, 5) is 46.3. The Morgan fingerprint density at radius 2 is 1.74 bits per heavy atom. The van der Waals surface area contributed by atoms with Crippen molar-refractivity contribution in [3.05, 3.63) is 65.9 Å². The van der Waals surface area contributed by atoms with Crippen molar-refractivity contribution in [1.82, 2.24) is 26.3 Å². The number of hydrogen-bond donors (Lipinski definition) is 5. The summed E-state index contributed by atoms with van der Waals surface area (Å²) in [7, 11) is 1.70. The van der Waals surface area contributed by atoms with E-state index in [-0.39, 0.29) is 37.5 Å². The number of para-hydroxylation sites is 2. The van der Waals surface area contributed by atoms with Crippen LogP contribution >= 0.6 is 0 Å². The first-order valence-corrected chi connectivity index (χ1v) is 12.4. The molecule has 0 fully saturated rings. The number of hydrogen-bond acceptors (Lipinski definition) is 5. The second-order valence-corrected chi connectivity index (χ2v) is 9.91. The van der Waals surface area contributed by atoms with Gasteiger partial charge in [-0.05, 0) is 50.6 Å². The lowest BCUT2D eigenvalue weighted by atomic mass is 9.96. The monoisotopic (exact) mass is 518 g/mol. The molecule has 1 aliphatic heterocycles. The van der Waals surface area contributed by atoms with Gasteiger partial charge < -0.3 is 26.3 Å². The van der Waals surface area contributed by atoms with E-state index in [2.05, 4.69) is 31.2 Å². The van der Waals surface area contributed by atoms with Gasteiger partial charge in [-0.25, -0.2) is 0 Å². The lowest BCUT2D eigenvalue weighted by Gasteiger charge is -2.29. The Kier molecular flexibility index (Phi) is 9.06. The highest BCUT2D eigenvalue weighted by atomic mass is 16.2. The maximum absolute atomic E-state index is 13.6. The molecule has 2 aromatic carbocycles. The predicted octanol–water partition coefficient (Wildman–Crippen LogP) is 3.30. The Morgan fingerprint density at radius 3 is 2.47 bits per heavy atom. The highest BCUT2D eigenvalue weighted by molar-refractivity contribution is 5.93. The van der Waals surface area contributed by atoms with Gasteiger partial charge in [0.1, 0.15) is 12.2 Å². The Labute approximate surface area is 223 Å². The van der Waals surface area contributed by atoms with E-state index in [9.17, 15) is 14.4 Å². The number of nitrogens with one attached hydrogen (secondary N) is 5. The number of rotatable bonds is 10. The summed E-state index contributed by atoms with van der Waals surface area (Å²) < 4.78 is 0. The average Bonchev–Trinajstić information content (AvgIpc) is 3.47. The standard InChI is InChI=1S/C28H34N6O3.CH4/c1-17(35)32-25(14-19-16-31-23-12-8-6-10-21(19)23)34-26(36)24(33-27(37)28(2,3)29-4)13-18-15-30-22-11-7-5-9-20(18)22;/h5-12,15-16,19,24-25,29-30H,13-14H2,1-4H3,(H,32,35)(H,33,37)(H,34,36);1H4/t19?,24-,25-;/m1./s1. The molecule has 9 heteroatoms. The number of amides is 3. The smallest absolute Gasteiger partial charge is 0.244 e. The summed E-state index contributed by atoms with van der Waals surface area (Å²) in [6.07, 6.45) is 3.76. The molecule has 0 radical (unpaired) electrons. The summed E-state index contributed by atoms with van der Waals surface area (Å²) in [6, 6.07) is 14.8. The number of carbonyl (C=O) groups excluding carboxylic acids is 3. The van der Waals surface area contributed by atoms with Gasteiger partial charge in [-0.3, -0.25) is 19.4 Å². The van der Waals surface area contributed by atoms with Crippen molar-refractivity contribution in [3.63, 3.8) is 0 Å². The van der Waals surface area contributed by atoms with Gasteiger partial charge in [0, 0.05) is 42.6 Å². The highest BCUT2D eigenvalue weighted by Gasteiger charge is 2.32. The number of fused-ring (bicyclic) bond motifs is 2. The largest absolute Gasteiger partial charge is 0.361 e. The molecule has 0 aliphatic carbocycles. The number of H-pyrrole nitrogens is 1. The minimum Gasteiger partial charge on any atom is -0.361 e. The molecule has 3 atom stereocenters. The van der Waals surface area contributed by atoms with Gasteiger partial charge in [0.05, 0.1) is 11.2 Å². The molecular weight excluding hydrogens is 480 g/mol. The number of aliphatic imine (C=N–C) groups is 1. The first-order valence-electron chi connectivity index (χ1n) is 12.4. The van der Waals surface area contributed by atoms with E-state index in [4.69, 9.17) is 0 Å². The van der Waals surface area contributed by atoms with Crippen LogP contribution in [0.5, 0.6) is 0 Å². The molecule has 2 heterocycles. The average molecular weight is 519 g/mol. The third kappa shape index (κ3) is 6.47. The normalized spacial score (nSPS) is 15.7. The molecule has 0 spiro atoms. The molecule has 0 saturated heterocycles. The summed E-state index contributed by atoms with van der Waals surface area (Å²) in [5.74, 6) is -1.00. The number of aromatic nitrogens is 1. The van der Waals surface area contributed by atoms with Crippen molar-refractivity contribution in [3.8, 4) is 0 Å². The van der Waals surface area contributed by atoms with Crippen LogP contribution in [0, 0.1) is 0 Å². The Balaban J connectivity index is 0.00000400. The molecule has 4 rings (SSSR count). The molecule has 38 heavy (non-hydrogen) atoms. The number of carbonyl (C=O) groups is 3. The fourth-order valence-corrected chi connectivity index (χ4v) is 4.46. The van der Waals surface area contributed by atoms with Gasteiger partial charge in [0.25, 0.3) is 0 Å². The lowest BCUT2D eigenvalue weighted by molar-refractivity contribution is -0.132. The Bertz CT molecular complexity index is 1330. The van der Waals surface area contributed by atoms with Gasteiger partial charge >= 0.3 is 0 Å². The van der Waals surface area contributed by atoms with E-state index in [1.165, 1.54) is 6.92 Å². The minimum absolute atomic E-state index is 0. The molecule has 1 aromatic heterocycles. The van der Waals surface area contributed by atoms with Crippen LogP contribution in [-0.2, 0) is 20.8 Å². The molecule has 9 nitrogen and oxygen atoms in total. The molecule has 202 valence electrons. The van der Waals surface area contributed by atoms with E-state index in [0.29, 0.717) is 6.42 Å². The minimum atomic E-state index is -0.875. The molecule has 1 aliphatic rings. The van der Waals surface area contributed by atoms with Crippen molar-refractivity contribution in [2.45, 2.75) is 64.7 Å². The quantitative estimate of drug-likeness (QED) is 0.264. The van der Waals surface area contributed by atoms with Crippen molar-refractivity contribution >= 4 is 40.5 Å². The van der Waals surface area contributed by atoms with E-state index >= 15 is 0 Å². The van der Waals surface area contributed by atoms with Crippen LogP contribution in [0.4, 0.5) is 5.69 Å². The van der Waals surface area contributed by atoms with Crippen molar-refractivity contribution < 1.29 is 14.4 Å². The third-order valence-electron chi connectivity index (χ3n) is 6.83. The molecule has 5 N–H and O–H groups in total. The van der Waals surface area contributed by atoms with Crippen LogP contribution < -0.4 is 21.3 Å².